The number of fused-ring (bicyclic) bond motifs is 24. The SMILES string of the molecule is [C-]#[N+]c1ccc(-c2ccc3c(c2)oc2nc(-n4c5cc6ccccc6cc5c5ccc6ccccc6c54)nc(-c4ccc5oc6ccccc6c5c4)c23)cc1.c1ccc(-c2ccc(-c3ccc4sc5nc(-n6c7cc8ccccc8cc7c7c8ccccc8ccc76)nc(-c6ccc7oc8ccccc8c7c6)c5c4c3)cc2)cc1. The highest BCUT2D eigenvalue weighted by molar-refractivity contribution is 7.25. The first kappa shape index (κ1) is 63.6. The van der Waals surface area contributed by atoms with Crippen molar-refractivity contribution in [1.29, 1.82) is 0 Å². The fourth-order valence-corrected chi connectivity index (χ4v) is 18.7. The number of hydrogen-bond donors (Lipinski definition) is 0. The molecule has 17 aromatic carbocycles. The zero-order valence-electron chi connectivity index (χ0n) is 60.7. The van der Waals surface area contributed by atoms with Gasteiger partial charge in [0.15, 0.2) is 5.69 Å². The Morgan fingerprint density at radius 1 is 0.263 bits per heavy atom. The Morgan fingerprint density at radius 2 is 0.737 bits per heavy atom. The molecule has 0 saturated carbocycles. The van der Waals surface area contributed by atoms with E-state index in [0.717, 1.165) is 158 Å². The molecule has 10 nitrogen and oxygen atoms in total. The lowest BCUT2D eigenvalue weighted by Crippen LogP contribution is -2.03. The van der Waals surface area contributed by atoms with Crippen LogP contribution in [0.2, 0.25) is 0 Å². The minimum absolute atomic E-state index is 0.503. The number of thiophene rings is 1. The van der Waals surface area contributed by atoms with Gasteiger partial charge in [0.2, 0.25) is 17.6 Å². The monoisotopic (exact) mass is 1470 g/mol. The maximum absolute atomic E-state index is 7.38. The number of nitrogens with zero attached hydrogens (tertiary/aromatic N) is 7. The molecule has 8 aromatic heterocycles. The van der Waals surface area contributed by atoms with Crippen molar-refractivity contribution in [1.82, 2.24) is 29.1 Å². The van der Waals surface area contributed by atoms with Gasteiger partial charge in [-0.05, 0) is 174 Å². The highest BCUT2D eigenvalue weighted by Gasteiger charge is 2.27. The highest BCUT2D eigenvalue weighted by atomic mass is 32.1. The summed E-state index contributed by atoms with van der Waals surface area (Å²) < 4.78 is 25.0. The van der Waals surface area contributed by atoms with Crippen LogP contribution in [0.4, 0.5) is 5.69 Å². The second-order valence-electron chi connectivity index (χ2n) is 29.4. The first-order valence-electron chi connectivity index (χ1n) is 38.1. The standard InChI is InChI=1S/C54H31N3OS.C49H26N4O2/c1-2-10-32(11-3-1)33-18-20-34(21-19-33)38-24-27-49-44(29-38)51-52(39-23-26-48-42(30-39)41-16-8-9-17-47(41)58-48)55-54(56-53(51)59-49)57-45-25-22-35-12-6-7-15-40(35)50(45)43-28-36-13-4-5-14-37(36)31-46(43)57;1-50-34-19-14-28(15-20-34)32-17-22-38-44(27-32)55-48-45(38)46(33-18-23-43-40(25-33)36-12-6-7-13-42(36)54-43)51-49(52-48)53-41-26-31-10-3-2-9-30(31)24-39(41)37-21-16-29-8-4-5-11-35(29)47(37)53/h1-31H;2-27H. The van der Waals surface area contributed by atoms with Gasteiger partial charge in [0.25, 0.3) is 0 Å². The van der Waals surface area contributed by atoms with Gasteiger partial charge in [0.1, 0.15) is 32.7 Å². The van der Waals surface area contributed by atoms with Crippen molar-refractivity contribution in [3.63, 3.8) is 0 Å². The summed E-state index contributed by atoms with van der Waals surface area (Å²) in [5.41, 5.74) is 19.8. The first-order valence-corrected chi connectivity index (χ1v) is 38.9. The molecule has 8 heterocycles. The molecule has 0 atom stereocenters. The number of aromatic nitrogens is 6. The van der Waals surface area contributed by atoms with E-state index in [4.69, 9.17) is 39.8 Å². The highest BCUT2D eigenvalue weighted by Crippen LogP contribution is 2.47. The van der Waals surface area contributed by atoms with Gasteiger partial charge >= 0.3 is 0 Å². The van der Waals surface area contributed by atoms with E-state index >= 15 is 0 Å². The van der Waals surface area contributed by atoms with Crippen LogP contribution < -0.4 is 0 Å². The lowest BCUT2D eigenvalue weighted by molar-refractivity contribution is 0.651. The first-order chi connectivity index (χ1) is 56.4. The van der Waals surface area contributed by atoms with Crippen molar-refractivity contribution >= 4 is 190 Å². The molecule has 0 aliphatic carbocycles. The molecule has 0 aliphatic heterocycles. The van der Waals surface area contributed by atoms with E-state index in [9.17, 15) is 0 Å². The Bertz CT molecular complexity index is 8450. The third-order valence-electron chi connectivity index (χ3n) is 23.0. The maximum Gasteiger partial charge on any atom is 0.238 e. The van der Waals surface area contributed by atoms with Gasteiger partial charge in [0, 0.05) is 80.5 Å². The Hall–Kier alpha value is -15.4. The third-order valence-corrected chi connectivity index (χ3v) is 24.1. The third kappa shape index (κ3) is 9.91. The van der Waals surface area contributed by atoms with Crippen LogP contribution in [-0.2, 0) is 0 Å². The smallest absolute Gasteiger partial charge is 0.238 e. The molecule has 0 aliphatic rings. The number of furan rings is 3. The van der Waals surface area contributed by atoms with E-state index in [2.05, 4.69) is 299 Å². The molecule has 25 aromatic rings. The summed E-state index contributed by atoms with van der Waals surface area (Å²) in [6.45, 7) is 7.38. The Labute approximate surface area is 653 Å². The summed E-state index contributed by atoms with van der Waals surface area (Å²) in [5.74, 6) is 1.18. The normalized spacial score (nSPS) is 12.0. The lowest BCUT2D eigenvalue weighted by Gasteiger charge is -2.11. The van der Waals surface area contributed by atoms with Gasteiger partial charge in [-0.15, -0.1) is 11.3 Å². The number of rotatable bonds is 7. The second kappa shape index (κ2) is 24.8. The van der Waals surface area contributed by atoms with Gasteiger partial charge in [-0.1, -0.05) is 243 Å². The van der Waals surface area contributed by atoms with Crippen LogP contribution >= 0.6 is 11.3 Å². The molecular weight excluding hydrogens is 1420 g/mol. The molecule has 528 valence electrons. The minimum atomic E-state index is 0.503. The molecule has 0 amide bonds. The molecule has 0 bridgehead atoms. The van der Waals surface area contributed by atoms with Gasteiger partial charge in [-0.25, -0.2) is 19.8 Å². The molecule has 11 heteroatoms. The predicted molar refractivity (Wildman–Crippen MR) is 471 cm³/mol. The summed E-state index contributed by atoms with van der Waals surface area (Å²) in [6.07, 6.45) is 0. The fourth-order valence-electron chi connectivity index (χ4n) is 17.6. The average molecular weight is 1470 g/mol. The molecule has 25 rings (SSSR count). The molecule has 0 N–H and O–H groups in total. The Kier molecular flexibility index (Phi) is 13.8. The molecule has 0 unspecified atom stereocenters. The van der Waals surface area contributed by atoms with Gasteiger partial charge in [-0.3, -0.25) is 9.13 Å². The van der Waals surface area contributed by atoms with Crippen LogP contribution in [0, 0.1) is 6.57 Å². The zero-order chi connectivity index (χ0) is 74.8. The van der Waals surface area contributed by atoms with Crippen LogP contribution in [0.1, 0.15) is 0 Å². The topological polar surface area (TPSA) is 105 Å². The largest absolute Gasteiger partial charge is 0.456 e. The summed E-state index contributed by atoms with van der Waals surface area (Å²) >= 11 is 1.73. The summed E-state index contributed by atoms with van der Waals surface area (Å²) in [5, 5.41) is 22.3. The van der Waals surface area contributed by atoms with Gasteiger partial charge < -0.3 is 13.3 Å². The van der Waals surface area contributed by atoms with Gasteiger partial charge in [0.05, 0.1) is 45.4 Å². The second-order valence-corrected chi connectivity index (χ2v) is 30.4. The quantitative estimate of drug-likeness (QED) is 0.146. The fraction of sp³-hybridized carbons (Fsp3) is 0. The van der Waals surface area contributed by atoms with E-state index in [1.54, 1.807) is 11.3 Å². The van der Waals surface area contributed by atoms with E-state index in [1.165, 1.54) is 59.1 Å². The predicted octanol–water partition coefficient (Wildman–Crippen LogP) is 28.7. The van der Waals surface area contributed by atoms with Gasteiger partial charge in [-0.2, -0.15) is 4.98 Å². The number of hydrogen-bond acceptors (Lipinski definition) is 8. The van der Waals surface area contributed by atoms with Crippen molar-refractivity contribution in [3.05, 3.63) is 357 Å². The van der Waals surface area contributed by atoms with E-state index in [-0.39, 0.29) is 0 Å². The average Bonchev–Trinajstić information content (AvgIpc) is 1.56. The molecule has 0 spiro atoms. The number of benzene rings is 17. The van der Waals surface area contributed by atoms with Crippen LogP contribution in [0.25, 0.3) is 246 Å². The summed E-state index contributed by atoms with van der Waals surface area (Å²) in [4.78, 5) is 26.5. The minimum Gasteiger partial charge on any atom is -0.456 e. The molecular formula is C103H57N7O3S. The summed E-state index contributed by atoms with van der Waals surface area (Å²) in [6, 6.07) is 122. The summed E-state index contributed by atoms with van der Waals surface area (Å²) in [7, 11) is 0. The van der Waals surface area contributed by atoms with Crippen molar-refractivity contribution in [2.24, 2.45) is 0 Å². The number of para-hydroxylation sites is 2. The van der Waals surface area contributed by atoms with Crippen LogP contribution in [-0.4, -0.2) is 29.1 Å². The van der Waals surface area contributed by atoms with Crippen molar-refractivity contribution < 1.29 is 13.3 Å². The van der Waals surface area contributed by atoms with E-state index in [0.29, 0.717) is 28.9 Å². The molecule has 0 saturated heterocycles. The zero-order valence-corrected chi connectivity index (χ0v) is 61.5. The van der Waals surface area contributed by atoms with Crippen LogP contribution in [0.15, 0.2) is 359 Å². The van der Waals surface area contributed by atoms with Crippen molar-refractivity contribution in [2.75, 3.05) is 0 Å². The van der Waals surface area contributed by atoms with E-state index in [1.807, 2.05) is 60.7 Å². The molecule has 0 radical (unpaired) electrons. The van der Waals surface area contributed by atoms with Crippen LogP contribution in [0.3, 0.4) is 0 Å². The maximum atomic E-state index is 7.38. The molecule has 114 heavy (non-hydrogen) atoms. The van der Waals surface area contributed by atoms with Crippen LogP contribution in [0.5, 0.6) is 0 Å². The molecule has 0 fully saturated rings. The Morgan fingerprint density at radius 3 is 1.40 bits per heavy atom. The van der Waals surface area contributed by atoms with Crippen molar-refractivity contribution in [2.45, 2.75) is 0 Å². The lowest BCUT2D eigenvalue weighted by atomic mass is 9.98. The Balaban J connectivity index is 0.000000132. The van der Waals surface area contributed by atoms with E-state index < -0.39 is 0 Å². The van der Waals surface area contributed by atoms with Crippen molar-refractivity contribution in [3.8, 4) is 67.8 Å².